The molecule has 4 unspecified atom stereocenters. The average molecular weight is 284 g/mol. The van der Waals surface area contributed by atoms with E-state index < -0.39 is 0 Å². The molecule has 0 spiro atoms. The lowest BCUT2D eigenvalue weighted by molar-refractivity contribution is 0.279. The number of nitrogens with two attached hydrogens (primary N) is 1. The third kappa shape index (κ3) is 2.53. The summed E-state index contributed by atoms with van der Waals surface area (Å²) >= 11 is 0. The maximum absolute atomic E-state index is 5.96. The van der Waals surface area contributed by atoms with E-state index in [-0.39, 0.29) is 0 Å². The topological polar surface area (TPSA) is 38.0 Å². The van der Waals surface area contributed by atoms with Crippen LogP contribution in [0.3, 0.4) is 0 Å². The van der Waals surface area contributed by atoms with Crippen molar-refractivity contribution in [3.63, 3.8) is 0 Å². The van der Waals surface area contributed by atoms with Crippen LogP contribution >= 0.6 is 0 Å². The first-order valence-corrected chi connectivity index (χ1v) is 8.92. The Morgan fingerprint density at radius 2 is 1.90 bits per heavy atom. The van der Waals surface area contributed by atoms with Crippen LogP contribution in [-0.2, 0) is 6.42 Å². The molecule has 0 radical (unpaired) electrons. The molecule has 3 N–H and O–H groups in total. The van der Waals surface area contributed by atoms with Crippen LogP contribution < -0.4 is 11.3 Å². The number of aryl methyl sites for hydroxylation is 1. The molecule has 0 saturated heterocycles. The highest BCUT2D eigenvalue weighted by Crippen LogP contribution is 2.61. The van der Waals surface area contributed by atoms with Crippen LogP contribution in [0.1, 0.15) is 62.0 Å². The molecule has 4 rings (SSSR count). The SMILES string of the molecule is NNC(CC1CCCCC1)C1C2CCc3ccccc3C21. The normalized spacial score (nSPS) is 33.1. The van der Waals surface area contributed by atoms with Crippen molar-refractivity contribution < 1.29 is 0 Å². The number of hydrazine groups is 1. The first-order valence-electron chi connectivity index (χ1n) is 8.92. The van der Waals surface area contributed by atoms with Crippen molar-refractivity contribution in [3.8, 4) is 0 Å². The fourth-order valence-electron chi connectivity index (χ4n) is 5.29. The van der Waals surface area contributed by atoms with Gasteiger partial charge < -0.3 is 0 Å². The molecule has 2 saturated carbocycles. The van der Waals surface area contributed by atoms with E-state index in [9.17, 15) is 0 Å². The monoisotopic (exact) mass is 284 g/mol. The number of hydrogen-bond donors (Lipinski definition) is 2. The molecule has 0 heterocycles. The zero-order valence-corrected chi connectivity index (χ0v) is 12.9. The van der Waals surface area contributed by atoms with Crippen molar-refractivity contribution in [1.82, 2.24) is 5.43 Å². The molecule has 1 aromatic carbocycles. The number of nitrogens with one attached hydrogen (secondary N) is 1. The van der Waals surface area contributed by atoms with E-state index in [1.54, 1.807) is 11.1 Å². The second kappa shape index (κ2) is 5.73. The van der Waals surface area contributed by atoms with Crippen molar-refractivity contribution in [1.29, 1.82) is 0 Å². The van der Waals surface area contributed by atoms with Gasteiger partial charge in [0.1, 0.15) is 0 Å². The molecule has 4 atom stereocenters. The minimum absolute atomic E-state index is 0.536. The standard InChI is InChI=1S/C19H28N2/c20-21-17(12-13-6-2-1-3-7-13)19-16-11-10-14-8-4-5-9-15(14)18(16)19/h4-5,8-9,13,16-19,21H,1-3,6-7,10-12,20H2. The summed E-state index contributed by atoms with van der Waals surface area (Å²) in [5.74, 6) is 9.35. The molecule has 0 amide bonds. The molecule has 2 fully saturated rings. The van der Waals surface area contributed by atoms with Gasteiger partial charge in [0, 0.05) is 6.04 Å². The minimum Gasteiger partial charge on any atom is -0.271 e. The molecule has 114 valence electrons. The van der Waals surface area contributed by atoms with E-state index in [4.69, 9.17) is 5.84 Å². The first-order chi connectivity index (χ1) is 10.4. The van der Waals surface area contributed by atoms with Crippen LogP contribution in [0.25, 0.3) is 0 Å². The van der Waals surface area contributed by atoms with Gasteiger partial charge in [-0.15, -0.1) is 0 Å². The van der Waals surface area contributed by atoms with Crippen LogP contribution in [0.2, 0.25) is 0 Å². The highest BCUT2D eigenvalue weighted by molar-refractivity contribution is 5.40. The van der Waals surface area contributed by atoms with Gasteiger partial charge >= 0.3 is 0 Å². The van der Waals surface area contributed by atoms with E-state index in [0.717, 1.165) is 23.7 Å². The molecule has 0 bridgehead atoms. The zero-order valence-electron chi connectivity index (χ0n) is 12.9. The van der Waals surface area contributed by atoms with Crippen LogP contribution in [0.5, 0.6) is 0 Å². The molecule has 2 nitrogen and oxygen atoms in total. The summed E-state index contributed by atoms with van der Waals surface area (Å²) in [7, 11) is 0. The second-order valence-corrected chi connectivity index (χ2v) is 7.52. The summed E-state index contributed by atoms with van der Waals surface area (Å²) in [6.07, 6.45) is 11.1. The molecule has 2 heteroatoms. The summed E-state index contributed by atoms with van der Waals surface area (Å²) < 4.78 is 0. The summed E-state index contributed by atoms with van der Waals surface area (Å²) in [5.41, 5.74) is 6.42. The van der Waals surface area contributed by atoms with Crippen molar-refractivity contribution in [2.45, 2.75) is 63.3 Å². The van der Waals surface area contributed by atoms with Gasteiger partial charge in [-0.25, -0.2) is 0 Å². The van der Waals surface area contributed by atoms with Gasteiger partial charge in [0.15, 0.2) is 0 Å². The third-order valence-corrected chi connectivity index (χ3v) is 6.38. The van der Waals surface area contributed by atoms with Gasteiger partial charge in [-0.1, -0.05) is 56.4 Å². The van der Waals surface area contributed by atoms with E-state index in [1.807, 2.05) is 0 Å². The van der Waals surface area contributed by atoms with Crippen molar-refractivity contribution in [3.05, 3.63) is 35.4 Å². The van der Waals surface area contributed by atoms with Crippen molar-refractivity contribution >= 4 is 0 Å². The van der Waals surface area contributed by atoms with E-state index in [1.165, 1.54) is 51.4 Å². The fourth-order valence-corrected chi connectivity index (χ4v) is 5.29. The predicted molar refractivity (Wildman–Crippen MR) is 86.8 cm³/mol. The van der Waals surface area contributed by atoms with Crippen LogP contribution in [0.4, 0.5) is 0 Å². The van der Waals surface area contributed by atoms with E-state index in [2.05, 4.69) is 29.7 Å². The Morgan fingerprint density at radius 1 is 1.10 bits per heavy atom. The van der Waals surface area contributed by atoms with Gasteiger partial charge in [-0.3, -0.25) is 11.3 Å². The third-order valence-electron chi connectivity index (χ3n) is 6.38. The maximum atomic E-state index is 5.96. The van der Waals surface area contributed by atoms with E-state index >= 15 is 0 Å². The number of fused-ring (bicyclic) bond motifs is 3. The highest BCUT2D eigenvalue weighted by Gasteiger charge is 2.56. The second-order valence-electron chi connectivity index (χ2n) is 7.52. The summed E-state index contributed by atoms with van der Waals surface area (Å²) in [5, 5.41) is 0. The molecular weight excluding hydrogens is 256 g/mol. The van der Waals surface area contributed by atoms with Crippen molar-refractivity contribution in [2.24, 2.45) is 23.6 Å². The first kappa shape index (κ1) is 13.8. The van der Waals surface area contributed by atoms with Gasteiger partial charge in [-0.05, 0) is 54.1 Å². The van der Waals surface area contributed by atoms with E-state index in [0.29, 0.717) is 6.04 Å². The Hall–Kier alpha value is -0.860. The highest BCUT2D eigenvalue weighted by atomic mass is 15.2. The van der Waals surface area contributed by atoms with Gasteiger partial charge in [0.25, 0.3) is 0 Å². The summed E-state index contributed by atoms with van der Waals surface area (Å²) in [6.45, 7) is 0. The van der Waals surface area contributed by atoms with Gasteiger partial charge in [0.2, 0.25) is 0 Å². The molecular formula is C19H28N2. The summed E-state index contributed by atoms with van der Waals surface area (Å²) in [6, 6.07) is 9.63. The minimum atomic E-state index is 0.536. The van der Waals surface area contributed by atoms with Crippen LogP contribution in [0.15, 0.2) is 24.3 Å². The van der Waals surface area contributed by atoms with Gasteiger partial charge in [0.05, 0.1) is 0 Å². The van der Waals surface area contributed by atoms with Gasteiger partial charge in [-0.2, -0.15) is 0 Å². The largest absolute Gasteiger partial charge is 0.271 e. The fraction of sp³-hybridized carbons (Fsp3) is 0.684. The van der Waals surface area contributed by atoms with Crippen molar-refractivity contribution in [2.75, 3.05) is 0 Å². The Bertz CT molecular complexity index is 492. The number of rotatable bonds is 4. The molecule has 3 aliphatic rings. The smallest absolute Gasteiger partial charge is 0.0250 e. The molecule has 1 aromatic rings. The number of hydrogen-bond acceptors (Lipinski definition) is 2. The quantitative estimate of drug-likeness (QED) is 0.652. The van der Waals surface area contributed by atoms with Crippen LogP contribution in [-0.4, -0.2) is 6.04 Å². The molecule has 3 aliphatic carbocycles. The Balaban J connectivity index is 1.47. The Kier molecular flexibility index (Phi) is 3.76. The molecule has 0 aromatic heterocycles. The lowest BCUT2D eigenvalue weighted by Crippen LogP contribution is -2.39. The number of benzene rings is 1. The van der Waals surface area contributed by atoms with Crippen LogP contribution in [0, 0.1) is 17.8 Å². The Morgan fingerprint density at radius 3 is 2.71 bits per heavy atom. The Labute approximate surface area is 128 Å². The lowest BCUT2D eigenvalue weighted by Gasteiger charge is -2.26. The molecule has 0 aliphatic heterocycles. The summed E-state index contributed by atoms with van der Waals surface area (Å²) in [4.78, 5) is 0. The zero-order chi connectivity index (χ0) is 14.2. The average Bonchev–Trinajstić information content (AvgIpc) is 3.28. The lowest BCUT2D eigenvalue weighted by atomic mass is 9.83. The molecule has 21 heavy (non-hydrogen) atoms. The predicted octanol–water partition coefficient (Wildman–Crippen LogP) is 3.76. The maximum Gasteiger partial charge on any atom is 0.0250 e.